The Labute approximate surface area is 256 Å². The molecule has 2 atom stereocenters. The fourth-order valence-corrected chi connectivity index (χ4v) is 8.05. The minimum absolute atomic E-state index is 0.0107. The second-order valence-electron chi connectivity index (χ2n) is 11.9. The average Bonchev–Trinajstić information content (AvgIpc) is 3.46. The van der Waals surface area contributed by atoms with Crippen LogP contribution in [0.3, 0.4) is 0 Å². The van der Waals surface area contributed by atoms with E-state index in [2.05, 4.69) is 146 Å². The number of nitrogens with zero attached hydrogens (tertiary/aromatic N) is 3. The summed E-state index contributed by atoms with van der Waals surface area (Å²) in [6.07, 6.45) is 9.18. The highest BCUT2D eigenvalue weighted by Crippen LogP contribution is 2.56. The van der Waals surface area contributed by atoms with Gasteiger partial charge in [0.1, 0.15) is 0 Å². The zero-order chi connectivity index (χ0) is 29.0. The van der Waals surface area contributed by atoms with E-state index in [0.717, 1.165) is 39.6 Å². The van der Waals surface area contributed by atoms with Crippen molar-refractivity contribution in [3.63, 3.8) is 0 Å². The maximum atomic E-state index is 5.12. The number of aromatic nitrogens is 2. The summed E-state index contributed by atoms with van der Waals surface area (Å²) in [6, 6.07) is 40.7. The van der Waals surface area contributed by atoms with Crippen molar-refractivity contribution in [3.8, 4) is 33.9 Å². The Morgan fingerprint density at radius 1 is 0.651 bits per heavy atom. The Bertz CT molecular complexity index is 1960. The van der Waals surface area contributed by atoms with Gasteiger partial charge in [-0.3, -0.25) is 0 Å². The molecule has 2 aromatic heterocycles. The lowest BCUT2D eigenvalue weighted by Crippen LogP contribution is -2.49. The first-order chi connectivity index (χ1) is 21.1. The molecular formula is C39H31N3S. The molecule has 8 rings (SSSR count). The second-order valence-corrected chi connectivity index (χ2v) is 13.0. The smallest absolute Gasteiger partial charge is 0.160 e. The van der Waals surface area contributed by atoms with Crippen molar-refractivity contribution in [3.05, 3.63) is 144 Å². The normalized spacial score (nSPS) is 18.4. The van der Waals surface area contributed by atoms with Gasteiger partial charge in [-0.05, 0) is 24.3 Å². The van der Waals surface area contributed by atoms with Gasteiger partial charge in [0.25, 0.3) is 0 Å². The Hall–Kier alpha value is -4.80. The Morgan fingerprint density at radius 2 is 1.28 bits per heavy atom. The standard InChI is InChI=1S/C39H31N3S/c1-39(2)31-21-10-11-22-34(31)42(36-30-20-9-12-23-35(30)43-37(36)39)29-19-13-18-28(24-29)38-40-32(26-14-5-3-6-15-26)25-33(41-38)27-16-7-4-8-17-27/h3-25,31,34H,1-2H3. The van der Waals surface area contributed by atoms with Crippen LogP contribution in [-0.2, 0) is 5.41 Å². The molecule has 0 fully saturated rings. The van der Waals surface area contributed by atoms with Crippen LogP contribution in [0.25, 0.3) is 44.0 Å². The quantitative estimate of drug-likeness (QED) is 0.210. The average molecular weight is 574 g/mol. The van der Waals surface area contributed by atoms with Crippen LogP contribution in [0.5, 0.6) is 0 Å². The number of anilines is 2. The van der Waals surface area contributed by atoms with E-state index in [1.807, 2.05) is 23.5 Å². The molecule has 3 heterocycles. The van der Waals surface area contributed by atoms with E-state index in [9.17, 15) is 0 Å². The van der Waals surface area contributed by atoms with Crippen LogP contribution < -0.4 is 4.90 Å². The molecule has 208 valence electrons. The minimum Gasteiger partial charge on any atom is -0.332 e. The third-order valence-electron chi connectivity index (χ3n) is 8.88. The molecule has 1 aliphatic heterocycles. The molecule has 3 nitrogen and oxygen atoms in total. The number of allylic oxidation sites excluding steroid dienone is 2. The van der Waals surface area contributed by atoms with Crippen molar-refractivity contribution in [1.82, 2.24) is 9.97 Å². The highest BCUT2D eigenvalue weighted by Gasteiger charge is 2.47. The molecule has 0 amide bonds. The van der Waals surface area contributed by atoms with Gasteiger partial charge in [-0.15, -0.1) is 11.3 Å². The van der Waals surface area contributed by atoms with Gasteiger partial charge in [-0.2, -0.15) is 0 Å². The lowest BCUT2D eigenvalue weighted by Gasteiger charge is -2.49. The summed E-state index contributed by atoms with van der Waals surface area (Å²) in [7, 11) is 0. The van der Waals surface area contributed by atoms with E-state index < -0.39 is 0 Å². The predicted molar refractivity (Wildman–Crippen MR) is 181 cm³/mol. The minimum atomic E-state index is 0.0107. The number of hydrogen-bond donors (Lipinski definition) is 0. The van der Waals surface area contributed by atoms with Crippen molar-refractivity contribution in [1.29, 1.82) is 0 Å². The number of hydrogen-bond acceptors (Lipinski definition) is 4. The van der Waals surface area contributed by atoms with Crippen molar-refractivity contribution >= 4 is 32.8 Å². The largest absolute Gasteiger partial charge is 0.332 e. The van der Waals surface area contributed by atoms with Gasteiger partial charge in [0, 0.05) is 48.7 Å². The van der Waals surface area contributed by atoms with Crippen LogP contribution in [0, 0.1) is 5.92 Å². The topological polar surface area (TPSA) is 29.0 Å². The van der Waals surface area contributed by atoms with E-state index in [0.29, 0.717) is 5.92 Å². The van der Waals surface area contributed by atoms with Crippen LogP contribution in [0.2, 0.25) is 0 Å². The first-order valence-corrected chi connectivity index (χ1v) is 15.7. The number of rotatable bonds is 4. The molecule has 4 aromatic carbocycles. The predicted octanol–water partition coefficient (Wildman–Crippen LogP) is 10.2. The van der Waals surface area contributed by atoms with Gasteiger partial charge >= 0.3 is 0 Å². The van der Waals surface area contributed by atoms with Crippen LogP contribution in [0.1, 0.15) is 18.7 Å². The number of benzene rings is 4. The first kappa shape index (κ1) is 25.9. The molecule has 0 spiro atoms. The van der Waals surface area contributed by atoms with Crippen molar-refractivity contribution < 1.29 is 0 Å². The first-order valence-electron chi connectivity index (χ1n) is 14.8. The van der Waals surface area contributed by atoms with Crippen molar-refractivity contribution in [2.45, 2.75) is 25.3 Å². The molecular weight excluding hydrogens is 543 g/mol. The van der Waals surface area contributed by atoms with Gasteiger partial charge < -0.3 is 4.90 Å². The summed E-state index contributed by atoms with van der Waals surface area (Å²) in [5.41, 5.74) is 7.49. The third-order valence-corrected chi connectivity index (χ3v) is 10.4. The molecule has 0 saturated heterocycles. The van der Waals surface area contributed by atoms with Crippen LogP contribution >= 0.6 is 11.3 Å². The molecule has 0 saturated carbocycles. The molecule has 2 unspecified atom stereocenters. The Kier molecular flexibility index (Phi) is 6.13. The monoisotopic (exact) mass is 573 g/mol. The number of fused-ring (bicyclic) bond motifs is 4. The summed E-state index contributed by atoms with van der Waals surface area (Å²) in [6.45, 7) is 4.81. The molecule has 0 radical (unpaired) electrons. The molecule has 2 aliphatic rings. The zero-order valence-electron chi connectivity index (χ0n) is 24.2. The Balaban J connectivity index is 1.32. The molecule has 4 heteroatoms. The molecule has 0 N–H and O–H groups in total. The molecule has 6 aromatic rings. The highest BCUT2D eigenvalue weighted by molar-refractivity contribution is 7.20. The summed E-state index contributed by atoms with van der Waals surface area (Å²) in [5.74, 6) is 1.08. The summed E-state index contributed by atoms with van der Waals surface area (Å²) in [4.78, 5) is 14.2. The number of thiophene rings is 1. The van der Waals surface area contributed by atoms with Gasteiger partial charge in [0.2, 0.25) is 0 Å². The van der Waals surface area contributed by atoms with Gasteiger partial charge in [0.05, 0.1) is 23.1 Å². The maximum absolute atomic E-state index is 5.12. The lowest BCUT2D eigenvalue weighted by atomic mass is 9.68. The zero-order valence-corrected chi connectivity index (χ0v) is 25.0. The van der Waals surface area contributed by atoms with Gasteiger partial charge in [-0.25, -0.2) is 9.97 Å². The van der Waals surface area contributed by atoms with Crippen LogP contribution in [-0.4, -0.2) is 16.0 Å². The van der Waals surface area contributed by atoms with Crippen molar-refractivity contribution in [2.75, 3.05) is 4.90 Å². The fraction of sp³-hybridized carbons (Fsp3) is 0.128. The maximum Gasteiger partial charge on any atom is 0.160 e. The van der Waals surface area contributed by atoms with Crippen LogP contribution in [0.15, 0.2) is 140 Å². The van der Waals surface area contributed by atoms with E-state index >= 15 is 0 Å². The van der Waals surface area contributed by atoms with Crippen LogP contribution in [0.4, 0.5) is 11.4 Å². The fourth-order valence-electron chi connectivity index (χ4n) is 6.70. The summed E-state index contributed by atoms with van der Waals surface area (Å²) in [5, 5.41) is 1.32. The van der Waals surface area contributed by atoms with E-state index in [4.69, 9.17) is 9.97 Å². The SMILES string of the molecule is CC1(C)c2sc3ccccc3c2N(c2cccc(-c3nc(-c4ccccc4)cc(-c4ccccc4)n3)c2)C2C=CC=CC21. The van der Waals surface area contributed by atoms with E-state index in [1.54, 1.807) is 0 Å². The van der Waals surface area contributed by atoms with Crippen molar-refractivity contribution in [2.24, 2.45) is 5.92 Å². The molecule has 43 heavy (non-hydrogen) atoms. The summed E-state index contributed by atoms with van der Waals surface area (Å²) >= 11 is 1.94. The Morgan fingerprint density at radius 3 is 2.00 bits per heavy atom. The molecule has 0 bridgehead atoms. The van der Waals surface area contributed by atoms with Gasteiger partial charge in [-0.1, -0.05) is 129 Å². The molecule has 1 aliphatic carbocycles. The third kappa shape index (κ3) is 4.33. The lowest BCUT2D eigenvalue weighted by molar-refractivity contribution is 0.339. The van der Waals surface area contributed by atoms with E-state index in [-0.39, 0.29) is 11.5 Å². The second kappa shape index (κ2) is 10.2. The summed E-state index contributed by atoms with van der Waals surface area (Å²) < 4.78 is 1.33. The highest BCUT2D eigenvalue weighted by atomic mass is 32.1. The van der Waals surface area contributed by atoms with E-state index in [1.165, 1.54) is 20.7 Å². The van der Waals surface area contributed by atoms with Gasteiger partial charge in [0.15, 0.2) is 5.82 Å².